The van der Waals surface area contributed by atoms with Crippen molar-refractivity contribution < 1.29 is 14.7 Å². The molecule has 1 heterocycles. The van der Waals surface area contributed by atoms with Crippen LogP contribution in [0.2, 0.25) is 10.0 Å². The monoisotopic (exact) mass is 346 g/mol. The molecule has 20 heavy (non-hydrogen) atoms. The fourth-order valence-corrected chi connectivity index (χ4v) is 3.29. The summed E-state index contributed by atoms with van der Waals surface area (Å²) < 4.78 is 0.161. The van der Waals surface area contributed by atoms with Crippen molar-refractivity contribution in [2.75, 3.05) is 6.54 Å². The molecule has 1 fully saturated rings. The Morgan fingerprint density at radius 3 is 2.55 bits per heavy atom. The van der Waals surface area contributed by atoms with E-state index in [-0.39, 0.29) is 9.23 Å². The first-order valence-corrected chi connectivity index (χ1v) is 7.27. The Labute approximate surface area is 134 Å². The van der Waals surface area contributed by atoms with E-state index in [9.17, 15) is 14.7 Å². The van der Waals surface area contributed by atoms with Crippen LogP contribution in [0, 0.1) is 0 Å². The molecule has 1 amide bonds. The lowest BCUT2D eigenvalue weighted by atomic mass is 10.2. The Balaban J connectivity index is 2.35. The van der Waals surface area contributed by atoms with E-state index in [0.717, 1.165) is 16.7 Å². The van der Waals surface area contributed by atoms with Crippen molar-refractivity contribution >= 4 is 69.5 Å². The van der Waals surface area contributed by atoms with Gasteiger partial charge in [-0.15, -0.1) is 0 Å². The van der Waals surface area contributed by atoms with Crippen molar-refractivity contribution in [1.29, 1.82) is 0 Å². The van der Waals surface area contributed by atoms with Gasteiger partial charge in [0.2, 0.25) is 0 Å². The van der Waals surface area contributed by atoms with Crippen LogP contribution in [-0.2, 0) is 9.59 Å². The average molecular weight is 347 g/mol. The largest absolute Gasteiger partial charge is 0.548 e. The Morgan fingerprint density at radius 2 is 2.00 bits per heavy atom. The fourth-order valence-electron chi connectivity index (χ4n) is 1.55. The SMILES string of the molecule is O=C([O-])CN1C(=O)C(=Cc2c(Cl)cccc2Cl)SC1=S. The van der Waals surface area contributed by atoms with Crippen molar-refractivity contribution in [3.63, 3.8) is 0 Å². The zero-order valence-electron chi connectivity index (χ0n) is 9.76. The van der Waals surface area contributed by atoms with Gasteiger partial charge in [0.1, 0.15) is 4.32 Å². The van der Waals surface area contributed by atoms with Crippen LogP contribution in [0.15, 0.2) is 23.1 Å². The summed E-state index contributed by atoms with van der Waals surface area (Å²) in [6, 6.07) is 4.96. The molecule has 0 atom stereocenters. The van der Waals surface area contributed by atoms with Gasteiger partial charge in [-0.3, -0.25) is 9.69 Å². The van der Waals surface area contributed by atoms with Crippen LogP contribution in [0.3, 0.4) is 0 Å². The molecule has 0 aliphatic carbocycles. The highest BCUT2D eigenvalue weighted by molar-refractivity contribution is 8.26. The predicted molar refractivity (Wildman–Crippen MR) is 81.3 cm³/mol. The number of hydrogen-bond donors (Lipinski definition) is 0. The number of hydrogen-bond acceptors (Lipinski definition) is 5. The number of aliphatic carboxylic acids is 1. The van der Waals surface area contributed by atoms with E-state index in [4.69, 9.17) is 35.4 Å². The number of carboxylic acid groups (broad SMARTS) is 1. The number of nitrogens with zero attached hydrogens (tertiary/aromatic N) is 1. The van der Waals surface area contributed by atoms with Gasteiger partial charge in [-0.2, -0.15) is 0 Å². The number of carbonyl (C=O) groups is 2. The number of benzene rings is 1. The maximum Gasteiger partial charge on any atom is 0.266 e. The highest BCUT2D eigenvalue weighted by atomic mass is 35.5. The normalized spacial score (nSPS) is 17.1. The minimum Gasteiger partial charge on any atom is -0.548 e. The second-order valence-electron chi connectivity index (χ2n) is 3.78. The maximum absolute atomic E-state index is 12.1. The predicted octanol–water partition coefficient (Wildman–Crippen LogP) is 1.94. The molecule has 2 rings (SSSR count). The number of carbonyl (C=O) groups excluding carboxylic acids is 2. The number of rotatable bonds is 3. The van der Waals surface area contributed by atoms with E-state index in [1.54, 1.807) is 18.2 Å². The Bertz CT molecular complexity index is 625. The van der Waals surface area contributed by atoms with Gasteiger partial charge in [0.25, 0.3) is 5.91 Å². The summed E-state index contributed by atoms with van der Waals surface area (Å²) in [6.45, 7) is -0.571. The maximum atomic E-state index is 12.1. The minimum absolute atomic E-state index is 0.161. The van der Waals surface area contributed by atoms with E-state index in [2.05, 4.69) is 0 Å². The first kappa shape index (κ1) is 15.3. The third-order valence-electron chi connectivity index (χ3n) is 2.44. The van der Waals surface area contributed by atoms with E-state index in [0.29, 0.717) is 15.6 Å². The van der Waals surface area contributed by atoms with Crippen molar-refractivity contribution in [3.05, 3.63) is 38.7 Å². The Hall–Kier alpha value is -1.08. The Morgan fingerprint density at radius 1 is 1.40 bits per heavy atom. The molecule has 1 aliphatic rings. The van der Waals surface area contributed by atoms with Gasteiger partial charge >= 0.3 is 0 Å². The first-order valence-electron chi connectivity index (χ1n) is 5.29. The summed E-state index contributed by atoms with van der Waals surface area (Å²) in [5.41, 5.74) is 0.491. The molecule has 8 heteroatoms. The molecule has 0 unspecified atom stereocenters. The van der Waals surface area contributed by atoms with Crippen LogP contribution in [0.1, 0.15) is 5.56 Å². The lowest BCUT2D eigenvalue weighted by Gasteiger charge is -2.14. The number of carboxylic acids is 1. The fraction of sp³-hybridized carbons (Fsp3) is 0.0833. The standard InChI is InChI=1S/C12H7Cl2NO3S2/c13-7-2-1-3-8(14)6(7)4-9-11(18)15(5-10(16)17)12(19)20-9/h1-4H,5H2,(H,16,17)/p-1. The number of halogens is 2. The quantitative estimate of drug-likeness (QED) is 0.618. The highest BCUT2D eigenvalue weighted by Gasteiger charge is 2.32. The molecule has 0 bridgehead atoms. The van der Waals surface area contributed by atoms with Gasteiger partial charge < -0.3 is 9.90 Å². The molecule has 0 saturated carbocycles. The van der Waals surface area contributed by atoms with Gasteiger partial charge in [-0.05, 0) is 18.2 Å². The molecule has 1 saturated heterocycles. The molecule has 1 aromatic carbocycles. The lowest BCUT2D eigenvalue weighted by molar-refractivity contribution is -0.305. The molecular formula is C12H6Cl2NO3S2-. The summed E-state index contributed by atoms with van der Waals surface area (Å²) in [5, 5.41) is 11.4. The highest BCUT2D eigenvalue weighted by Crippen LogP contribution is 2.35. The zero-order chi connectivity index (χ0) is 14.9. The van der Waals surface area contributed by atoms with Crippen LogP contribution in [0.25, 0.3) is 6.08 Å². The van der Waals surface area contributed by atoms with E-state index < -0.39 is 18.4 Å². The molecule has 0 aromatic heterocycles. The second-order valence-corrected chi connectivity index (χ2v) is 6.27. The smallest absolute Gasteiger partial charge is 0.266 e. The van der Waals surface area contributed by atoms with Gasteiger partial charge in [-0.25, -0.2) is 0 Å². The minimum atomic E-state index is -1.38. The molecule has 104 valence electrons. The molecular weight excluding hydrogens is 341 g/mol. The summed E-state index contributed by atoms with van der Waals surface area (Å²) in [4.78, 5) is 23.9. The van der Waals surface area contributed by atoms with E-state index in [1.165, 1.54) is 6.08 Å². The van der Waals surface area contributed by atoms with Gasteiger partial charge in [0.15, 0.2) is 0 Å². The third-order valence-corrected chi connectivity index (χ3v) is 4.47. The second kappa shape index (κ2) is 6.13. The Kier molecular flexibility index (Phi) is 4.70. The van der Waals surface area contributed by atoms with Gasteiger partial charge in [0.05, 0.1) is 17.4 Å². The number of thioether (sulfide) groups is 1. The average Bonchev–Trinajstić information content (AvgIpc) is 2.61. The van der Waals surface area contributed by atoms with Gasteiger partial charge in [0, 0.05) is 15.6 Å². The van der Waals surface area contributed by atoms with Crippen molar-refractivity contribution in [1.82, 2.24) is 4.90 Å². The molecule has 1 aromatic rings. The summed E-state index contributed by atoms with van der Waals surface area (Å²) in [7, 11) is 0. The van der Waals surface area contributed by atoms with E-state index in [1.807, 2.05) is 0 Å². The molecule has 1 aliphatic heterocycles. The molecule has 0 radical (unpaired) electrons. The van der Waals surface area contributed by atoms with Crippen LogP contribution in [0.5, 0.6) is 0 Å². The van der Waals surface area contributed by atoms with Crippen molar-refractivity contribution in [2.45, 2.75) is 0 Å². The molecule has 0 spiro atoms. The lowest BCUT2D eigenvalue weighted by Crippen LogP contribution is -2.40. The summed E-state index contributed by atoms with van der Waals surface area (Å²) in [6.07, 6.45) is 1.50. The number of amides is 1. The van der Waals surface area contributed by atoms with Crippen LogP contribution < -0.4 is 5.11 Å². The van der Waals surface area contributed by atoms with E-state index >= 15 is 0 Å². The van der Waals surface area contributed by atoms with Crippen molar-refractivity contribution in [2.24, 2.45) is 0 Å². The summed E-state index contributed by atoms with van der Waals surface area (Å²) in [5.74, 6) is -1.88. The number of thiocarbonyl (C=S) groups is 1. The van der Waals surface area contributed by atoms with Gasteiger partial charge in [-0.1, -0.05) is 53.2 Å². The topological polar surface area (TPSA) is 60.4 Å². The van der Waals surface area contributed by atoms with Crippen molar-refractivity contribution in [3.8, 4) is 0 Å². The third kappa shape index (κ3) is 3.15. The molecule has 0 N–H and O–H groups in total. The zero-order valence-corrected chi connectivity index (χ0v) is 12.9. The summed E-state index contributed by atoms with van der Waals surface area (Å²) >= 11 is 18.0. The van der Waals surface area contributed by atoms with Crippen LogP contribution >= 0.6 is 47.2 Å². The molecule has 4 nitrogen and oxygen atoms in total. The van der Waals surface area contributed by atoms with Crippen LogP contribution in [0.4, 0.5) is 0 Å². The van der Waals surface area contributed by atoms with Crippen LogP contribution in [-0.4, -0.2) is 27.6 Å². The first-order chi connectivity index (χ1) is 9.40.